The minimum Gasteiger partial charge on any atom is -0.497 e. The summed E-state index contributed by atoms with van der Waals surface area (Å²) in [6.07, 6.45) is 3.85. The number of nitrogens with one attached hydrogen (secondary N) is 1. The van der Waals surface area contributed by atoms with E-state index in [4.69, 9.17) is 18.9 Å². The van der Waals surface area contributed by atoms with E-state index in [1.165, 1.54) is 28.3 Å². The molecule has 3 aromatic carbocycles. The summed E-state index contributed by atoms with van der Waals surface area (Å²) in [4.78, 5) is 44.6. The van der Waals surface area contributed by atoms with Gasteiger partial charge >= 0.3 is 0 Å². The number of carbonyl (C=O) groups is 3. The first kappa shape index (κ1) is 26.4. The summed E-state index contributed by atoms with van der Waals surface area (Å²) in [5.74, 6) is -0.418. The fraction of sp³-hybridized carbons (Fsp3) is 0.281. The summed E-state index contributed by atoms with van der Waals surface area (Å²) in [7, 11) is 6.01. The van der Waals surface area contributed by atoms with E-state index in [9.17, 15) is 14.4 Å². The smallest absolute Gasteiger partial charge is 0.238 e. The third kappa shape index (κ3) is 3.58. The predicted octanol–water partition coefficient (Wildman–Crippen LogP) is 4.28. The summed E-state index contributed by atoms with van der Waals surface area (Å²) < 4.78 is 21.9. The number of methoxy groups -OCH3 is 4. The molecule has 0 aliphatic carbocycles. The van der Waals surface area contributed by atoms with Gasteiger partial charge in [0.05, 0.1) is 46.4 Å². The fourth-order valence-electron chi connectivity index (χ4n) is 6.84. The number of carbonyl (C=O) groups excluding carboxylic acids is 3. The van der Waals surface area contributed by atoms with Crippen molar-refractivity contribution in [3.63, 3.8) is 0 Å². The molecule has 1 saturated heterocycles. The second-order valence-electron chi connectivity index (χ2n) is 10.3. The number of anilines is 2. The Morgan fingerprint density at radius 3 is 2.24 bits per heavy atom. The number of rotatable bonds is 7. The molecule has 0 radical (unpaired) electrons. The lowest BCUT2D eigenvalue weighted by molar-refractivity contribution is -0.122. The third-order valence-corrected chi connectivity index (χ3v) is 8.49. The maximum Gasteiger partial charge on any atom is 0.238 e. The maximum absolute atomic E-state index is 14.8. The van der Waals surface area contributed by atoms with Gasteiger partial charge in [-0.05, 0) is 48.9 Å². The Morgan fingerprint density at radius 1 is 0.902 bits per heavy atom. The average Bonchev–Trinajstić information content (AvgIpc) is 3.48. The zero-order valence-corrected chi connectivity index (χ0v) is 23.4. The van der Waals surface area contributed by atoms with Gasteiger partial charge in [-0.2, -0.15) is 0 Å². The first-order valence-corrected chi connectivity index (χ1v) is 13.2. The number of hydrogen-bond donors (Lipinski definition) is 1. The summed E-state index contributed by atoms with van der Waals surface area (Å²) in [5, 5.41) is 3.01. The highest BCUT2D eigenvalue weighted by atomic mass is 16.5. The van der Waals surface area contributed by atoms with Crippen LogP contribution in [-0.2, 0) is 15.0 Å². The highest BCUT2D eigenvalue weighted by Gasteiger charge is 2.69. The highest BCUT2D eigenvalue weighted by molar-refractivity contribution is 6.16. The van der Waals surface area contributed by atoms with Gasteiger partial charge in [-0.3, -0.25) is 14.4 Å². The molecule has 3 aliphatic rings. The van der Waals surface area contributed by atoms with Crippen molar-refractivity contribution in [2.24, 2.45) is 5.92 Å². The number of ether oxygens (including phenoxy) is 4. The largest absolute Gasteiger partial charge is 0.497 e. The zero-order chi connectivity index (χ0) is 29.1. The number of ketones is 2. The van der Waals surface area contributed by atoms with Gasteiger partial charge in [0.25, 0.3) is 0 Å². The Morgan fingerprint density at radius 2 is 1.61 bits per heavy atom. The Bertz CT molecular complexity index is 1600. The van der Waals surface area contributed by atoms with Gasteiger partial charge in [0.15, 0.2) is 23.1 Å². The molecule has 4 atom stereocenters. The second-order valence-corrected chi connectivity index (χ2v) is 10.3. The van der Waals surface area contributed by atoms with E-state index in [1.807, 2.05) is 59.5 Å². The summed E-state index contributed by atoms with van der Waals surface area (Å²) in [6, 6.07) is 14.5. The van der Waals surface area contributed by atoms with Gasteiger partial charge < -0.3 is 29.2 Å². The van der Waals surface area contributed by atoms with E-state index in [1.54, 1.807) is 19.2 Å². The van der Waals surface area contributed by atoms with Crippen molar-refractivity contribution in [1.29, 1.82) is 0 Å². The lowest BCUT2D eigenvalue weighted by atomic mass is 9.64. The number of Topliss-reactive ketones (excluding diaryl/α,β-unsaturated/α-hetero) is 2. The van der Waals surface area contributed by atoms with Crippen LogP contribution < -0.4 is 29.2 Å². The van der Waals surface area contributed by atoms with Gasteiger partial charge in [-0.1, -0.05) is 30.4 Å². The van der Waals surface area contributed by atoms with E-state index in [0.29, 0.717) is 34.2 Å². The van der Waals surface area contributed by atoms with E-state index in [-0.39, 0.29) is 23.0 Å². The van der Waals surface area contributed by atoms with Gasteiger partial charge in [0.2, 0.25) is 11.7 Å². The van der Waals surface area contributed by atoms with Crippen LogP contribution in [0.1, 0.15) is 28.4 Å². The number of hydrogen-bond acceptors (Lipinski definition) is 8. The monoisotopic (exact) mass is 554 g/mol. The molecule has 1 fully saturated rings. The van der Waals surface area contributed by atoms with Crippen LogP contribution in [0.5, 0.6) is 23.0 Å². The van der Waals surface area contributed by atoms with Gasteiger partial charge in [-0.25, -0.2) is 0 Å². The maximum atomic E-state index is 14.8. The molecule has 6 rings (SSSR count). The molecule has 1 amide bonds. The molecule has 0 unspecified atom stereocenters. The molecular formula is C32H30N2O7. The molecule has 3 aliphatic heterocycles. The molecule has 0 saturated carbocycles. The Hall–Kier alpha value is -4.79. The predicted molar refractivity (Wildman–Crippen MR) is 153 cm³/mol. The molecule has 0 aromatic heterocycles. The Balaban J connectivity index is 1.63. The summed E-state index contributed by atoms with van der Waals surface area (Å²) in [6.45, 7) is 1.47. The highest BCUT2D eigenvalue weighted by Crippen LogP contribution is 2.58. The molecule has 1 spiro atoms. The van der Waals surface area contributed by atoms with Crippen LogP contribution in [0.15, 0.2) is 60.7 Å². The van der Waals surface area contributed by atoms with E-state index in [2.05, 4.69) is 5.32 Å². The lowest BCUT2D eigenvalue weighted by Crippen LogP contribution is -2.51. The number of benzene rings is 3. The van der Waals surface area contributed by atoms with Crippen LogP contribution in [0.3, 0.4) is 0 Å². The molecular weight excluding hydrogens is 524 g/mol. The molecule has 3 heterocycles. The van der Waals surface area contributed by atoms with Gasteiger partial charge in [-0.15, -0.1) is 0 Å². The molecule has 9 nitrogen and oxygen atoms in total. The minimum atomic E-state index is -1.39. The molecule has 41 heavy (non-hydrogen) atoms. The zero-order valence-electron chi connectivity index (χ0n) is 23.4. The van der Waals surface area contributed by atoms with Crippen LogP contribution >= 0.6 is 0 Å². The topological polar surface area (TPSA) is 103 Å². The van der Waals surface area contributed by atoms with Crippen molar-refractivity contribution in [3.8, 4) is 23.0 Å². The Labute approximate surface area is 237 Å². The number of nitrogens with zero attached hydrogens (tertiary/aromatic N) is 1. The fourth-order valence-corrected chi connectivity index (χ4v) is 6.84. The standard InChI is InChI=1S/C32H30N2O7/c1-17(35)28-27(29(36)19-15-24(39-3)30(41-5)25(16-19)40-4)32(21-8-6-7-9-22(21)33-31(32)37)26-13-10-18-14-20(38-2)11-12-23(18)34(26)28/h6-16,26-28H,1-5H3,(H,33,37)/t26-,27+,28+,32-/m0/s1. The van der Waals surface area contributed by atoms with Crippen molar-refractivity contribution in [2.45, 2.75) is 24.4 Å². The second kappa shape index (κ2) is 9.69. The normalized spacial score (nSPS) is 23.4. The number of para-hydroxylation sites is 1. The van der Waals surface area contributed by atoms with E-state index >= 15 is 0 Å². The molecule has 9 heteroatoms. The molecule has 1 N–H and O–H groups in total. The summed E-state index contributed by atoms with van der Waals surface area (Å²) in [5.41, 5.74) is 1.73. The average molecular weight is 555 g/mol. The number of amides is 1. The molecule has 210 valence electrons. The lowest BCUT2D eigenvalue weighted by Gasteiger charge is -2.37. The Kier molecular flexibility index (Phi) is 6.25. The molecule has 0 bridgehead atoms. The molecule has 3 aromatic rings. The summed E-state index contributed by atoms with van der Waals surface area (Å²) >= 11 is 0. The van der Waals surface area contributed by atoms with Crippen molar-refractivity contribution in [2.75, 3.05) is 38.7 Å². The van der Waals surface area contributed by atoms with Crippen molar-refractivity contribution >= 4 is 34.9 Å². The van der Waals surface area contributed by atoms with E-state index < -0.39 is 23.4 Å². The van der Waals surface area contributed by atoms with Crippen LogP contribution in [0.25, 0.3) is 6.08 Å². The van der Waals surface area contributed by atoms with Crippen LogP contribution in [0.4, 0.5) is 11.4 Å². The van der Waals surface area contributed by atoms with Crippen molar-refractivity contribution < 1.29 is 33.3 Å². The first-order chi connectivity index (χ1) is 19.8. The first-order valence-electron chi connectivity index (χ1n) is 13.2. The van der Waals surface area contributed by atoms with Crippen molar-refractivity contribution in [3.05, 3.63) is 77.4 Å². The van der Waals surface area contributed by atoms with Crippen LogP contribution in [0, 0.1) is 5.92 Å². The third-order valence-electron chi connectivity index (χ3n) is 8.49. The van der Waals surface area contributed by atoms with Crippen LogP contribution in [0.2, 0.25) is 0 Å². The van der Waals surface area contributed by atoms with Gasteiger partial charge in [0, 0.05) is 22.5 Å². The van der Waals surface area contributed by atoms with Crippen LogP contribution in [-0.4, -0.2) is 58.0 Å². The SMILES string of the molecule is COc1ccc2c(c1)C=C[C@@H]1N2[C@H](C(C)=O)[C@H](C(=O)c2cc(OC)c(OC)c(OC)c2)[C@@]12C(=O)Nc1ccccc12. The van der Waals surface area contributed by atoms with E-state index in [0.717, 1.165) is 11.3 Å². The minimum absolute atomic E-state index is 0.230. The van der Waals surface area contributed by atoms with Crippen molar-refractivity contribution in [1.82, 2.24) is 0 Å². The quantitative estimate of drug-likeness (QED) is 0.432. The van der Waals surface area contributed by atoms with Gasteiger partial charge in [0.1, 0.15) is 11.2 Å². The number of fused-ring (bicyclic) bond motifs is 6.